The molecule has 134 valence electrons. The second-order valence-electron chi connectivity index (χ2n) is 7.16. The number of carbonyl (C=O) groups excluding carboxylic acids is 2. The van der Waals surface area contributed by atoms with Crippen LogP contribution in [0.15, 0.2) is 23.6 Å². The molecular weight excluding hydrogens is 324 g/mol. The zero-order valence-corrected chi connectivity index (χ0v) is 16.0. The highest BCUT2D eigenvalue weighted by molar-refractivity contribution is 7.10. The molecule has 0 amide bonds. The van der Waals surface area contributed by atoms with Crippen LogP contribution >= 0.6 is 11.3 Å². The second-order valence-corrected chi connectivity index (χ2v) is 8.14. The molecule has 0 spiro atoms. The molecule has 0 radical (unpaired) electrons. The van der Waals surface area contributed by atoms with Crippen LogP contribution in [0.1, 0.15) is 52.3 Å². The number of rotatable bonds is 8. The third-order valence-corrected chi connectivity index (χ3v) is 3.81. The summed E-state index contributed by atoms with van der Waals surface area (Å²) in [6.07, 6.45) is 4.36. The van der Waals surface area contributed by atoms with Crippen LogP contribution in [-0.2, 0) is 19.1 Å². The number of esters is 2. The number of hydrogen-bond donors (Lipinski definition) is 0. The second kappa shape index (κ2) is 9.62. The van der Waals surface area contributed by atoms with Gasteiger partial charge in [0.25, 0.3) is 0 Å². The Hall–Kier alpha value is -1.62. The molecule has 1 aromatic heterocycles. The third-order valence-electron chi connectivity index (χ3n) is 2.98. The van der Waals surface area contributed by atoms with Gasteiger partial charge in [0.05, 0.1) is 18.9 Å². The van der Waals surface area contributed by atoms with Crippen LogP contribution in [0, 0.1) is 11.8 Å². The lowest BCUT2D eigenvalue weighted by molar-refractivity contribution is -0.164. The number of allylic oxidation sites excluding steroid dienone is 1. The van der Waals surface area contributed by atoms with Gasteiger partial charge in [0.2, 0.25) is 0 Å². The van der Waals surface area contributed by atoms with E-state index in [1.807, 2.05) is 64.3 Å². The summed E-state index contributed by atoms with van der Waals surface area (Å²) in [6.45, 7) is 9.78. The largest absolute Gasteiger partial charge is 0.465 e. The Morgan fingerprint density at radius 3 is 2.54 bits per heavy atom. The molecule has 0 aliphatic heterocycles. The molecule has 1 atom stereocenters. The lowest BCUT2D eigenvalue weighted by Gasteiger charge is -2.23. The lowest BCUT2D eigenvalue weighted by atomic mass is 10.0. The SMILES string of the molecule is CC(C)COC(=O)C[C@@H](CC=Cc1cccs1)C(=O)OC(C)(C)C. The fourth-order valence-corrected chi connectivity index (χ4v) is 2.55. The van der Waals surface area contributed by atoms with Crippen molar-refractivity contribution < 1.29 is 19.1 Å². The summed E-state index contributed by atoms with van der Waals surface area (Å²) in [4.78, 5) is 25.4. The van der Waals surface area contributed by atoms with Gasteiger partial charge in [-0.05, 0) is 50.6 Å². The van der Waals surface area contributed by atoms with Crippen LogP contribution in [0.4, 0.5) is 0 Å². The number of carbonyl (C=O) groups is 2. The molecule has 0 bridgehead atoms. The summed E-state index contributed by atoms with van der Waals surface area (Å²) in [5.41, 5.74) is -0.575. The predicted octanol–water partition coefficient (Wildman–Crippen LogP) is 4.70. The summed E-state index contributed by atoms with van der Waals surface area (Å²) < 4.78 is 10.6. The summed E-state index contributed by atoms with van der Waals surface area (Å²) >= 11 is 1.62. The Balaban J connectivity index is 2.67. The Kier molecular flexibility index (Phi) is 8.19. The molecule has 0 saturated heterocycles. The average Bonchev–Trinajstić information content (AvgIpc) is 2.95. The summed E-state index contributed by atoms with van der Waals surface area (Å²) in [7, 11) is 0. The number of ether oxygens (including phenoxy) is 2. The summed E-state index contributed by atoms with van der Waals surface area (Å²) in [5, 5.41) is 1.99. The summed E-state index contributed by atoms with van der Waals surface area (Å²) in [5.74, 6) is -0.975. The maximum absolute atomic E-state index is 12.4. The van der Waals surface area contributed by atoms with E-state index in [0.29, 0.717) is 13.0 Å². The van der Waals surface area contributed by atoms with Crippen molar-refractivity contribution in [3.05, 3.63) is 28.5 Å². The predicted molar refractivity (Wildman–Crippen MR) is 97.7 cm³/mol. The first-order valence-electron chi connectivity index (χ1n) is 8.26. The fraction of sp³-hybridized carbons (Fsp3) is 0.579. The molecule has 0 saturated carbocycles. The first-order chi connectivity index (χ1) is 11.2. The van der Waals surface area contributed by atoms with Gasteiger partial charge in [0.15, 0.2) is 0 Å². The fourth-order valence-electron chi connectivity index (χ4n) is 1.90. The minimum Gasteiger partial charge on any atom is -0.465 e. The van der Waals surface area contributed by atoms with Gasteiger partial charge >= 0.3 is 11.9 Å². The number of hydrogen-bond acceptors (Lipinski definition) is 5. The van der Waals surface area contributed by atoms with Crippen molar-refractivity contribution >= 4 is 29.4 Å². The first-order valence-corrected chi connectivity index (χ1v) is 9.14. The monoisotopic (exact) mass is 352 g/mol. The highest BCUT2D eigenvalue weighted by Crippen LogP contribution is 2.19. The van der Waals surface area contributed by atoms with E-state index in [-0.39, 0.29) is 24.3 Å². The maximum atomic E-state index is 12.4. The van der Waals surface area contributed by atoms with Crippen molar-refractivity contribution in [2.24, 2.45) is 11.8 Å². The Bertz CT molecular complexity index is 538. The molecule has 1 aromatic rings. The van der Waals surface area contributed by atoms with Gasteiger partial charge in [-0.15, -0.1) is 11.3 Å². The maximum Gasteiger partial charge on any atom is 0.310 e. The minimum absolute atomic E-state index is 0.0381. The molecule has 1 rings (SSSR count). The van der Waals surface area contributed by atoms with Crippen LogP contribution in [0.2, 0.25) is 0 Å². The van der Waals surface area contributed by atoms with Crippen LogP contribution in [0.3, 0.4) is 0 Å². The van der Waals surface area contributed by atoms with Crippen LogP contribution in [-0.4, -0.2) is 24.1 Å². The molecule has 4 nitrogen and oxygen atoms in total. The third kappa shape index (κ3) is 8.87. The molecule has 0 unspecified atom stereocenters. The van der Waals surface area contributed by atoms with E-state index in [9.17, 15) is 9.59 Å². The summed E-state index contributed by atoms with van der Waals surface area (Å²) in [6, 6.07) is 3.97. The quantitative estimate of drug-likeness (QED) is 0.636. The highest BCUT2D eigenvalue weighted by Gasteiger charge is 2.27. The molecule has 0 aromatic carbocycles. The van der Waals surface area contributed by atoms with Gasteiger partial charge < -0.3 is 9.47 Å². The Labute approximate surface area is 148 Å². The molecular formula is C19H28O4S. The van der Waals surface area contributed by atoms with E-state index in [4.69, 9.17) is 9.47 Å². The zero-order valence-electron chi connectivity index (χ0n) is 15.2. The van der Waals surface area contributed by atoms with E-state index in [0.717, 1.165) is 4.88 Å². The van der Waals surface area contributed by atoms with Crippen molar-refractivity contribution in [3.8, 4) is 0 Å². The molecule has 5 heteroatoms. The van der Waals surface area contributed by atoms with Crippen molar-refractivity contribution in [2.45, 2.75) is 53.1 Å². The van der Waals surface area contributed by atoms with Gasteiger partial charge in [-0.25, -0.2) is 0 Å². The average molecular weight is 352 g/mol. The van der Waals surface area contributed by atoms with E-state index >= 15 is 0 Å². The number of thiophene rings is 1. The van der Waals surface area contributed by atoms with Crippen LogP contribution in [0.25, 0.3) is 6.08 Å². The smallest absolute Gasteiger partial charge is 0.310 e. The van der Waals surface area contributed by atoms with Crippen molar-refractivity contribution in [1.82, 2.24) is 0 Å². The Morgan fingerprint density at radius 1 is 1.29 bits per heavy atom. The van der Waals surface area contributed by atoms with Crippen LogP contribution < -0.4 is 0 Å². The topological polar surface area (TPSA) is 52.6 Å². The van der Waals surface area contributed by atoms with Crippen molar-refractivity contribution in [1.29, 1.82) is 0 Å². The van der Waals surface area contributed by atoms with Gasteiger partial charge in [-0.3, -0.25) is 9.59 Å². The molecule has 0 fully saturated rings. The van der Waals surface area contributed by atoms with Gasteiger partial charge in [-0.2, -0.15) is 0 Å². The molecule has 24 heavy (non-hydrogen) atoms. The van der Waals surface area contributed by atoms with E-state index in [1.165, 1.54) is 0 Å². The zero-order chi connectivity index (χ0) is 18.2. The standard InChI is InChI=1S/C19H28O4S/c1-14(2)13-22-17(20)12-15(18(21)23-19(3,4)5)8-6-9-16-10-7-11-24-16/h6-7,9-11,14-15H,8,12-13H2,1-5H3/t15-/m1/s1. The van der Waals surface area contributed by atoms with Crippen LogP contribution in [0.5, 0.6) is 0 Å². The Morgan fingerprint density at radius 2 is 2.00 bits per heavy atom. The van der Waals surface area contributed by atoms with E-state index in [2.05, 4.69) is 0 Å². The lowest BCUT2D eigenvalue weighted by Crippen LogP contribution is -2.30. The molecule has 0 aliphatic rings. The van der Waals surface area contributed by atoms with E-state index < -0.39 is 11.5 Å². The van der Waals surface area contributed by atoms with E-state index in [1.54, 1.807) is 11.3 Å². The van der Waals surface area contributed by atoms with Gasteiger partial charge in [0.1, 0.15) is 5.60 Å². The molecule has 0 aliphatic carbocycles. The molecule has 1 heterocycles. The van der Waals surface area contributed by atoms with Gasteiger partial charge in [-0.1, -0.05) is 26.0 Å². The minimum atomic E-state index is -0.575. The highest BCUT2D eigenvalue weighted by atomic mass is 32.1. The van der Waals surface area contributed by atoms with Crippen molar-refractivity contribution in [3.63, 3.8) is 0 Å². The normalized spacial score (nSPS) is 13.2. The van der Waals surface area contributed by atoms with Crippen molar-refractivity contribution in [2.75, 3.05) is 6.61 Å². The molecule has 0 N–H and O–H groups in total. The van der Waals surface area contributed by atoms with Gasteiger partial charge in [0, 0.05) is 4.88 Å². The first kappa shape index (κ1) is 20.4.